The second-order valence-corrected chi connectivity index (χ2v) is 5.10. The minimum absolute atomic E-state index is 0.866. The number of aryl methyl sites for hydroxylation is 2. The highest BCUT2D eigenvalue weighted by Crippen LogP contribution is 2.47. The van der Waals surface area contributed by atoms with Gasteiger partial charge in [-0.05, 0) is 43.0 Å². The van der Waals surface area contributed by atoms with E-state index >= 15 is 0 Å². The predicted molar refractivity (Wildman–Crippen MR) is 81.0 cm³/mol. The Labute approximate surface area is 117 Å². The van der Waals surface area contributed by atoms with Crippen LogP contribution in [-0.4, -0.2) is 4.98 Å². The number of pyridine rings is 1. The Morgan fingerprint density at radius 1 is 1.00 bits per heavy atom. The zero-order valence-electron chi connectivity index (χ0n) is 11.4. The Bertz CT molecular complexity index is 770. The molecule has 0 atom stereocenters. The van der Waals surface area contributed by atoms with Gasteiger partial charge in [-0.1, -0.05) is 12.1 Å². The Morgan fingerprint density at radius 3 is 2.75 bits per heavy atom. The summed E-state index contributed by atoms with van der Waals surface area (Å²) in [6, 6.07) is 10.1. The van der Waals surface area contributed by atoms with Crippen LogP contribution in [0.1, 0.15) is 11.1 Å². The van der Waals surface area contributed by atoms with Crippen LogP contribution in [0.15, 0.2) is 42.7 Å². The molecule has 0 unspecified atom stereocenters. The topological polar surface area (TPSA) is 34.1 Å². The van der Waals surface area contributed by atoms with Crippen LogP contribution >= 0.6 is 0 Å². The molecule has 0 saturated heterocycles. The molecular weight excluding hydrogens is 248 g/mol. The highest BCUT2D eigenvalue weighted by atomic mass is 16.5. The normalized spacial score (nSPS) is 12.3. The van der Waals surface area contributed by atoms with Gasteiger partial charge in [0.05, 0.1) is 11.4 Å². The Hall–Kier alpha value is -2.55. The van der Waals surface area contributed by atoms with E-state index in [0.29, 0.717) is 0 Å². The maximum Gasteiger partial charge on any atom is 0.154 e. The van der Waals surface area contributed by atoms with Crippen LogP contribution in [0.5, 0.6) is 11.5 Å². The SMILES string of the molecule is Cc1c2c(c(C)c3cnccc13)Oc1ccccc1N2. The third-order valence-corrected chi connectivity index (χ3v) is 3.93. The van der Waals surface area contributed by atoms with Crippen LogP contribution in [0, 0.1) is 13.8 Å². The van der Waals surface area contributed by atoms with E-state index in [1.54, 1.807) is 0 Å². The molecule has 3 aromatic rings. The summed E-state index contributed by atoms with van der Waals surface area (Å²) in [6.07, 6.45) is 3.74. The number of rotatable bonds is 0. The van der Waals surface area contributed by atoms with E-state index in [-0.39, 0.29) is 0 Å². The molecule has 1 N–H and O–H groups in total. The molecule has 0 radical (unpaired) electrons. The lowest BCUT2D eigenvalue weighted by molar-refractivity contribution is 0.478. The summed E-state index contributed by atoms with van der Waals surface area (Å²) in [7, 11) is 0. The van der Waals surface area contributed by atoms with E-state index < -0.39 is 0 Å². The summed E-state index contributed by atoms with van der Waals surface area (Å²) >= 11 is 0. The van der Waals surface area contributed by atoms with Crippen molar-refractivity contribution < 1.29 is 4.74 Å². The first-order chi connectivity index (χ1) is 9.75. The average Bonchev–Trinajstić information content (AvgIpc) is 2.51. The largest absolute Gasteiger partial charge is 0.453 e. The van der Waals surface area contributed by atoms with Crippen LogP contribution < -0.4 is 10.1 Å². The zero-order chi connectivity index (χ0) is 13.7. The lowest BCUT2D eigenvalue weighted by Crippen LogP contribution is -2.06. The number of hydrogen-bond acceptors (Lipinski definition) is 3. The Balaban J connectivity index is 2.04. The number of aromatic nitrogens is 1. The number of para-hydroxylation sites is 2. The zero-order valence-corrected chi connectivity index (χ0v) is 11.4. The van der Waals surface area contributed by atoms with Gasteiger partial charge in [-0.2, -0.15) is 0 Å². The maximum absolute atomic E-state index is 6.11. The summed E-state index contributed by atoms with van der Waals surface area (Å²) in [5.74, 6) is 1.77. The lowest BCUT2D eigenvalue weighted by Gasteiger charge is -2.26. The third-order valence-electron chi connectivity index (χ3n) is 3.93. The minimum Gasteiger partial charge on any atom is -0.453 e. The second kappa shape index (κ2) is 3.97. The quantitative estimate of drug-likeness (QED) is 0.498. The molecule has 98 valence electrons. The molecule has 4 rings (SSSR count). The first-order valence-electron chi connectivity index (χ1n) is 6.66. The van der Waals surface area contributed by atoms with E-state index in [1.807, 2.05) is 36.7 Å². The van der Waals surface area contributed by atoms with Gasteiger partial charge in [0.25, 0.3) is 0 Å². The molecule has 1 aromatic heterocycles. The van der Waals surface area contributed by atoms with Crippen molar-refractivity contribution in [1.82, 2.24) is 4.98 Å². The molecule has 1 aliphatic heterocycles. The molecule has 0 spiro atoms. The molecule has 2 heterocycles. The fraction of sp³-hybridized carbons (Fsp3) is 0.118. The molecule has 0 aliphatic carbocycles. The summed E-state index contributed by atoms with van der Waals surface area (Å²) in [5, 5.41) is 5.85. The molecule has 0 bridgehead atoms. The van der Waals surface area contributed by atoms with E-state index in [9.17, 15) is 0 Å². The number of hydrogen-bond donors (Lipinski definition) is 1. The van der Waals surface area contributed by atoms with Crippen LogP contribution in [0.3, 0.4) is 0 Å². The number of ether oxygens (including phenoxy) is 1. The standard InChI is InChI=1S/C17H14N2O/c1-10-12-7-8-18-9-13(12)11(2)17-16(10)19-14-5-3-4-6-15(14)20-17/h3-9,19H,1-2H3. The number of benzene rings is 2. The van der Waals surface area contributed by atoms with Crippen LogP contribution in [-0.2, 0) is 0 Å². The molecule has 3 nitrogen and oxygen atoms in total. The number of anilines is 2. The van der Waals surface area contributed by atoms with E-state index in [2.05, 4.69) is 30.2 Å². The summed E-state index contributed by atoms with van der Waals surface area (Å²) in [5.41, 5.74) is 4.38. The van der Waals surface area contributed by atoms with E-state index in [0.717, 1.165) is 33.8 Å². The van der Waals surface area contributed by atoms with Crippen molar-refractivity contribution in [2.45, 2.75) is 13.8 Å². The van der Waals surface area contributed by atoms with Crippen molar-refractivity contribution >= 4 is 22.1 Å². The number of fused-ring (bicyclic) bond motifs is 3. The first kappa shape index (κ1) is 11.3. The van der Waals surface area contributed by atoms with Gasteiger partial charge in [0, 0.05) is 23.3 Å². The van der Waals surface area contributed by atoms with Crippen molar-refractivity contribution in [3.63, 3.8) is 0 Å². The summed E-state index contributed by atoms with van der Waals surface area (Å²) < 4.78 is 6.11. The van der Waals surface area contributed by atoms with Crippen LogP contribution in [0.4, 0.5) is 11.4 Å². The van der Waals surface area contributed by atoms with Crippen molar-refractivity contribution in [1.29, 1.82) is 0 Å². The van der Waals surface area contributed by atoms with Gasteiger partial charge in [0.15, 0.2) is 11.5 Å². The molecule has 0 saturated carbocycles. The Kier molecular flexibility index (Phi) is 2.24. The minimum atomic E-state index is 0.866. The van der Waals surface area contributed by atoms with Gasteiger partial charge < -0.3 is 10.1 Å². The fourth-order valence-electron chi connectivity index (χ4n) is 2.82. The van der Waals surface area contributed by atoms with Crippen molar-refractivity contribution in [2.24, 2.45) is 0 Å². The molecular formula is C17H14N2O. The van der Waals surface area contributed by atoms with Crippen LogP contribution in [0.25, 0.3) is 10.8 Å². The van der Waals surface area contributed by atoms with Crippen molar-refractivity contribution in [3.8, 4) is 11.5 Å². The smallest absolute Gasteiger partial charge is 0.154 e. The lowest BCUT2D eigenvalue weighted by atomic mass is 9.98. The molecule has 0 amide bonds. The molecule has 3 heteroatoms. The van der Waals surface area contributed by atoms with Gasteiger partial charge in [0.1, 0.15) is 0 Å². The third kappa shape index (κ3) is 1.43. The molecule has 1 aliphatic rings. The second-order valence-electron chi connectivity index (χ2n) is 5.10. The van der Waals surface area contributed by atoms with Gasteiger partial charge in [-0.3, -0.25) is 4.98 Å². The number of nitrogens with zero attached hydrogens (tertiary/aromatic N) is 1. The van der Waals surface area contributed by atoms with Crippen molar-refractivity contribution in [3.05, 3.63) is 53.9 Å². The summed E-state index contributed by atoms with van der Waals surface area (Å²) in [4.78, 5) is 4.23. The van der Waals surface area contributed by atoms with Crippen LogP contribution in [0.2, 0.25) is 0 Å². The Morgan fingerprint density at radius 2 is 1.85 bits per heavy atom. The molecule has 2 aromatic carbocycles. The maximum atomic E-state index is 6.11. The highest BCUT2D eigenvalue weighted by molar-refractivity contribution is 5.97. The average molecular weight is 262 g/mol. The molecule has 0 fully saturated rings. The first-order valence-corrected chi connectivity index (χ1v) is 6.66. The monoisotopic (exact) mass is 262 g/mol. The fourth-order valence-corrected chi connectivity index (χ4v) is 2.82. The summed E-state index contributed by atoms with van der Waals surface area (Å²) in [6.45, 7) is 4.20. The van der Waals surface area contributed by atoms with Gasteiger partial charge in [0.2, 0.25) is 0 Å². The van der Waals surface area contributed by atoms with Gasteiger partial charge in [-0.25, -0.2) is 0 Å². The van der Waals surface area contributed by atoms with Crippen molar-refractivity contribution in [2.75, 3.05) is 5.32 Å². The highest BCUT2D eigenvalue weighted by Gasteiger charge is 2.22. The van der Waals surface area contributed by atoms with Gasteiger partial charge >= 0.3 is 0 Å². The van der Waals surface area contributed by atoms with Gasteiger partial charge in [-0.15, -0.1) is 0 Å². The predicted octanol–water partition coefficient (Wildman–Crippen LogP) is 4.70. The molecule has 20 heavy (non-hydrogen) atoms. The van der Waals surface area contributed by atoms with E-state index in [4.69, 9.17) is 4.74 Å². The number of nitrogens with one attached hydrogen (secondary N) is 1. The van der Waals surface area contributed by atoms with E-state index in [1.165, 1.54) is 10.9 Å².